The molecule has 22 heavy (non-hydrogen) atoms. The number of hydrogen-bond donors (Lipinski definition) is 4. The van der Waals surface area contributed by atoms with E-state index in [4.69, 9.17) is 5.11 Å². The van der Waals surface area contributed by atoms with Crippen molar-refractivity contribution in [1.82, 2.24) is 20.6 Å². The van der Waals surface area contributed by atoms with E-state index in [0.29, 0.717) is 5.56 Å². The number of hydrogen-bond acceptors (Lipinski definition) is 6. The minimum atomic E-state index is -0.698. The maximum absolute atomic E-state index is 11.6. The number of carbonyl (C=O) groups excluding carboxylic acids is 1. The molecule has 0 bridgehead atoms. The Balaban J connectivity index is 1.84. The van der Waals surface area contributed by atoms with E-state index in [1.165, 1.54) is 18.3 Å². The van der Waals surface area contributed by atoms with Gasteiger partial charge < -0.3 is 5.11 Å². The van der Waals surface area contributed by atoms with Crippen LogP contribution in [0.15, 0.2) is 39.0 Å². The number of phenolic OH excluding ortho intramolecular Hbond substituents is 1. The number of aromatic amines is 2. The molecule has 0 radical (unpaired) electrons. The fourth-order valence-electron chi connectivity index (χ4n) is 1.57. The van der Waals surface area contributed by atoms with Crippen molar-refractivity contribution in [3.8, 4) is 5.75 Å². The van der Waals surface area contributed by atoms with Gasteiger partial charge in [0.1, 0.15) is 11.4 Å². The molecule has 114 valence electrons. The molecule has 0 saturated heterocycles. The van der Waals surface area contributed by atoms with Crippen LogP contribution >= 0.6 is 0 Å². The summed E-state index contributed by atoms with van der Waals surface area (Å²) in [6, 6.07) is 6.26. The zero-order valence-electron chi connectivity index (χ0n) is 11.4. The summed E-state index contributed by atoms with van der Waals surface area (Å²) in [6.07, 6.45) is 1.49. The normalized spacial score (nSPS) is 10.7. The molecule has 2 aromatic rings. The number of hydrazone groups is 1. The minimum absolute atomic E-state index is 0.00492. The maximum atomic E-state index is 11.6. The highest BCUT2D eigenvalue weighted by molar-refractivity contribution is 5.82. The molecule has 9 nitrogen and oxygen atoms in total. The topological polar surface area (TPSA) is 140 Å². The second-order valence-electron chi connectivity index (χ2n) is 4.34. The summed E-state index contributed by atoms with van der Waals surface area (Å²) in [7, 11) is 0. The largest absolute Gasteiger partial charge is 0.508 e. The van der Waals surface area contributed by atoms with E-state index in [9.17, 15) is 14.4 Å². The maximum Gasteiger partial charge on any atom is 0.342 e. The summed E-state index contributed by atoms with van der Waals surface area (Å²) in [6.45, 7) is 0. The van der Waals surface area contributed by atoms with Crippen molar-refractivity contribution in [1.29, 1.82) is 0 Å². The van der Waals surface area contributed by atoms with Gasteiger partial charge in [0.2, 0.25) is 5.91 Å². The number of amides is 1. The monoisotopic (exact) mass is 303 g/mol. The molecular weight excluding hydrogens is 290 g/mol. The molecule has 1 amide bonds. The molecule has 0 aliphatic carbocycles. The molecular formula is C13H13N5O4. The third-order valence-electron chi connectivity index (χ3n) is 2.67. The lowest BCUT2D eigenvalue weighted by Gasteiger charge is -1.99. The summed E-state index contributed by atoms with van der Waals surface area (Å²) >= 11 is 0. The number of benzene rings is 1. The second-order valence-corrected chi connectivity index (χ2v) is 4.34. The van der Waals surface area contributed by atoms with Gasteiger partial charge in [-0.05, 0) is 29.8 Å². The Morgan fingerprint density at radius 2 is 2.05 bits per heavy atom. The van der Waals surface area contributed by atoms with Gasteiger partial charge >= 0.3 is 5.69 Å². The number of aryl methyl sites for hydroxylation is 1. The van der Waals surface area contributed by atoms with Crippen molar-refractivity contribution in [3.63, 3.8) is 0 Å². The Kier molecular flexibility index (Phi) is 4.81. The van der Waals surface area contributed by atoms with Gasteiger partial charge in [0.05, 0.1) is 6.21 Å². The Bertz CT molecular complexity index is 791. The number of carbonyl (C=O) groups is 1. The number of phenols is 1. The fraction of sp³-hybridized carbons (Fsp3) is 0.154. The first-order valence-electron chi connectivity index (χ1n) is 6.33. The number of rotatable bonds is 5. The summed E-state index contributed by atoms with van der Waals surface area (Å²) in [5, 5.41) is 18.5. The predicted molar refractivity (Wildman–Crippen MR) is 77.6 cm³/mol. The molecule has 1 aromatic carbocycles. The highest BCUT2D eigenvalue weighted by Crippen LogP contribution is 2.07. The van der Waals surface area contributed by atoms with Crippen LogP contribution in [0.3, 0.4) is 0 Å². The molecule has 1 heterocycles. The minimum Gasteiger partial charge on any atom is -0.508 e. The van der Waals surface area contributed by atoms with Crippen molar-refractivity contribution >= 4 is 12.1 Å². The van der Waals surface area contributed by atoms with E-state index in [1.807, 2.05) is 4.98 Å². The fourth-order valence-corrected chi connectivity index (χ4v) is 1.57. The second kappa shape index (κ2) is 6.97. The lowest BCUT2D eigenvalue weighted by atomic mass is 10.2. The number of nitrogens with one attached hydrogen (secondary N) is 3. The van der Waals surface area contributed by atoms with Gasteiger partial charge in [0.25, 0.3) is 5.56 Å². The van der Waals surface area contributed by atoms with Crippen LogP contribution in [0.4, 0.5) is 0 Å². The molecule has 9 heteroatoms. The van der Waals surface area contributed by atoms with E-state index in [1.54, 1.807) is 12.1 Å². The molecule has 0 atom stereocenters. The lowest BCUT2D eigenvalue weighted by molar-refractivity contribution is -0.121. The van der Waals surface area contributed by atoms with E-state index in [0.717, 1.165) is 0 Å². The van der Waals surface area contributed by atoms with Gasteiger partial charge in [0, 0.05) is 12.8 Å². The standard InChI is InChI=1S/C13H13N5O4/c19-9-3-1-8(2-4-9)7-14-17-11(20)6-5-10-12(21)15-13(22)18-16-10/h1-4,7,19H,5-6H2,(H,17,20)(H2,15,18,21,22)/b14-7-. The molecule has 2 rings (SSSR count). The first-order chi connectivity index (χ1) is 10.5. The van der Waals surface area contributed by atoms with E-state index < -0.39 is 17.2 Å². The van der Waals surface area contributed by atoms with Gasteiger partial charge in [0.15, 0.2) is 0 Å². The van der Waals surface area contributed by atoms with E-state index in [2.05, 4.69) is 20.7 Å². The van der Waals surface area contributed by atoms with Crippen LogP contribution in [0.25, 0.3) is 0 Å². The zero-order valence-corrected chi connectivity index (χ0v) is 11.4. The van der Waals surface area contributed by atoms with Crippen molar-refractivity contribution < 1.29 is 9.90 Å². The third kappa shape index (κ3) is 4.40. The smallest absolute Gasteiger partial charge is 0.342 e. The number of H-pyrrole nitrogens is 2. The van der Waals surface area contributed by atoms with Crippen LogP contribution in [0.2, 0.25) is 0 Å². The average Bonchev–Trinajstić information content (AvgIpc) is 2.48. The van der Waals surface area contributed by atoms with Crippen LogP contribution in [-0.2, 0) is 11.2 Å². The molecule has 0 aliphatic heterocycles. The molecule has 1 aromatic heterocycles. The van der Waals surface area contributed by atoms with Gasteiger partial charge in [-0.25, -0.2) is 15.3 Å². The predicted octanol–water partition coefficient (Wildman–Crippen LogP) is -0.753. The number of aromatic hydroxyl groups is 1. The molecule has 0 unspecified atom stereocenters. The molecule has 0 saturated carbocycles. The van der Waals surface area contributed by atoms with Gasteiger partial charge in [-0.3, -0.25) is 14.6 Å². The van der Waals surface area contributed by atoms with Gasteiger partial charge in [-0.15, -0.1) is 0 Å². The van der Waals surface area contributed by atoms with Gasteiger partial charge in [-0.2, -0.15) is 10.2 Å². The number of nitrogens with zero attached hydrogens (tertiary/aromatic N) is 2. The van der Waals surface area contributed by atoms with Crippen LogP contribution in [0.5, 0.6) is 5.75 Å². The zero-order chi connectivity index (χ0) is 15.9. The first kappa shape index (κ1) is 15.2. The summed E-state index contributed by atoms with van der Waals surface area (Å²) in [5.74, 6) is -0.262. The highest BCUT2D eigenvalue weighted by Gasteiger charge is 2.06. The molecule has 4 N–H and O–H groups in total. The highest BCUT2D eigenvalue weighted by atomic mass is 16.3. The van der Waals surface area contributed by atoms with Gasteiger partial charge in [-0.1, -0.05) is 0 Å². The van der Waals surface area contributed by atoms with Crippen molar-refractivity contribution in [3.05, 3.63) is 56.4 Å². The van der Waals surface area contributed by atoms with Crippen LogP contribution in [0.1, 0.15) is 17.7 Å². The summed E-state index contributed by atoms with van der Waals surface area (Å²) < 4.78 is 0. The van der Waals surface area contributed by atoms with Crippen LogP contribution in [-0.4, -0.2) is 32.4 Å². The quantitative estimate of drug-likeness (QED) is 0.425. The van der Waals surface area contributed by atoms with Crippen molar-refractivity contribution in [2.24, 2.45) is 5.10 Å². The van der Waals surface area contributed by atoms with E-state index in [-0.39, 0.29) is 24.3 Å². The Labute approximate surface area is 123 Å². The third-order valence-corrected chi connectivity index (χ3v) is 2.67. The Morgan fingerprint density at radius 1 is 1.32 bits per heavy atom. The Hall–Kier alpha value is -3.23. The summed E-state index contributed by atoms with van der Waals surface area (Å²) in [4.78, 5) is 35.7. The van der Waals surface area contributed by atoms with Crippen molar-refractivity contribution in [2.45, 2.75) is 12.8 Å². The average molecular weight is 303 g/mol. The Morgan fingerprint density at radius 3 is 2.73 bits per heavy atom. The summed E-state index contributed by atoms with van der Waals surface area (Å²) in [5.41, 5.74) is 1.76. The molecule has 0 fully saturated rings. The van der Waals surface area contributed by atoms with Crippen LogP contribution in [0, 0.1) is 0 Å². The van der Waals surface area contributed by atoms with Crippen molar-refractivity contribution in [2.75, 3.05) is 0 Å². The van der Waals surface area contributed by atoms with E-state index >= 15 is 0 Å². The molecule has 0 aliphatic rings. The lowest BCUT2D eigenvalue weighted by Crippen LogP contribution is -2.28. The molecule has 0 spiro atoms. The SMILES string of the molecule is O=C(CCc1n[nH]c(=O)[nH]c1=O)N/N=C\c1ccc(O)cc1. The number of aromatic nitrogens is 3. The van der Waals surface area contributed by atoms with Crippen LogP contribution < -0.4 is 16.7 Å². The first-order valence-corrected chi connectivity index (χ1v) is 6.33.